The summed E-state index contributed by atoms with van der Waals surface area (Å²) in [6, 6.07) is 9.31. The van der Waals surface area contributed by atoms with Crippen LogP contribution in [0.1, 0.15) is 10.4 Å². The Hall–Kier alpha value is -2.21. The van der Waals surface area contributed by atoms with Gasteiger partial charge in [0.25, 0.3) is 0 Å². The number of amides is 2. The summed E-state index contributed by atoms with van der Waals surface area (Å²) in [5, 5.41) is 7.60. The molecule has 0 bridgehead atoms. The van der Waals surface area contributed by atoms with E-state index in [1.807, 2.05) is 35.7 Å². The highest BCUT2D eigenvalue weighted by Crippen LogP contribution is 2.27. The molecule has 0 atom stereocenters. The molecule has 21 heavy (non-hydrogen) atoms. The third-order valence-corrected chi connectivity index (χ3v) is 3.78. The molecule has 0 aliphatic heterocycles. The lowest BCUT2D eigenvalue weighted by Gasteiger charge is -2.10. The van der Waals surface area contributed by atoms with Gasteiger partial charge in [0.05, 0.1) is 20.8 Å². The molecule has 0 saturated heterocycles. The maximum absolute atomic E-state index is 11.7. The van der Waals surface area contributed by atoms with Crippen LogP contribution in [0.25, 0.3) is 0 Å². The van der Waals surface area contributed by atoms with Crippen molar-refractivity contribution in [2.45, 2.75) is 13.1 Å². The zero-order valence-electron chi connectivity index (χ0n) is 12.0. The number of thiophene rings is 1. The Morgan fingerprint density at radius 3 is 2.52 bits per heavy atom. The van der Waals surface area contributed by atoms with Crippen LogP contribution in [0.15, 0.2) is 35.7 Å². The Labute approximate surface area is 127 Å². The topological polar surface area (TPSA) is 59.6 Å². The molecule has 2 aromatic rings. The molecule has 0 aliphatic carbocycles. The van der Waals surface area contributed by atoms with Crippen molar-refractivity contribution in [3.63, 3.8) is 0 Å². The zero-order chi connectivity index (χ0) is 15.1. The molecular formula is C15H18N2O3S. The Bertz CT molecular complexity index is 585. The molecule has 2 N–H and O–H groups in total. The molecule has 2 rings (SSSR count). The van der Waals surface area contributed by atoms with Crippen molar-refractivity contribution in [3.8, 4) is 11.5 Å². The Kier molecular flexibility index (Phi) is 5.45. The van der Waals surface area contributed by atoms with Crippen molar-refractivity contribution in [2.24, 2.45) is 0 Å². The van der Waals surface area contributed by atoms with E-state index in [9.17, 15) is 4.79 Å². The van der Waals surface area contributed by atoms with Gasteiger partial charge in [0.15, 0.2) is 11.5 Å². The van der Waals surface area contributed by atoms with Crippen LogP contribution in [0.4, 0.5) is 4.79 Å². The highest BCUT2D eigenvalue weighted by molar-refractivity contribution is 7.09. The highest BCUT2D eigenvalue weighted by Gasteiger charge is 2.06. The van der Waals surface area contributed by atoms with E-state index in [0.717, 1.165) is 10.4 Å². The van der Waals surface area contributed by atoms with Crippen molar-refractivity contribution >= 4 is 17.4 Å². The molecule has 0 saturated carbocycles. The molecule has 0 unspecified atom stereocenters. The van der Waals surface area contributed by atoms with Crippen LogP contribution < -0.4 is 20.1 Å². The number of nitrogens with one attached hydrogen (secondary N) is 2. The Balaban J connectivity index is 1.83. The third-order valence-electron chi connectivity index (χ3n) is 2.90. The first kappa shape index (κ1) is 15.2. The molecule has 112 valence electrons. The fourth-order valence-corrected chi connectivity index (χ4v) is 2.46. The van der Waals surface area contributed by atoms with Crippen molar-refractivity contribution in [3.05, 3.63) is 46.2 Å². The molecule has 0 radical (unpaired) electrons. The quantitative estimate of drug-likeness (QED) is 0.863. The second-order valence-electron chi connectivity index (χ2n) is 4.30. The van der Waals surface area contributed by atoms with E-state index < -0.39 is 0 Å². The maximum atomic E-state index is 11.7. The lowest BCUT2D eigenvalue weighted by atomic mass is 10.2. The Morgan fingerprint density at radius 1 is 1.10 bits per heavy atom. The van der Waals surface area contributed by atoms with Gasteiger partial charge in [0, 0.05) is 11.4 Å². The van der Waals surface area contributed by atoms with Gasteiger partial charge in [-0.05, 0) is 29.1 Å². The van der Waals surface area contributed by atoms with Crippen molar-refractivity contribution in [1.82, 2.24) is 10.6 Å². The predicted molar refractivity (Wildman–Crippen MR) is 82.9 cm³/mol. The molecule has 1 aromatic heterocycles. The van der Waals surface area contributed by atoms with Crippen LogP contribution in [-0.4, -0.2) is 20.3 Å². The first-order chi connectivity index (χ1) is 10.2. The Morgan fingerprint density at radius 2 is 1.86 bits per heavy atom. The fraction of sp³-hybridized carbons (Fsp3) is 0.267. The number of methoxy groups -OCH3 is 2. The minimum Gasteiger partial charge on any atom is -0.493 e. The summed E-state index contributed by atoms with van der Waals surface area (Å²) in [6.07, 6.45) is 0. The molecule has 0 fully saturated rings. The largest absolute Gasteiger partial charge is 0.493 e. The lowest BCUT2D eigenvalue weighted by molar-refractivity contribution is 0.240. The van der Waals surface area contributed by atoms with Gasteiger partial charge < -0.3 is 20.1 Å². The number of carbonyl (C=O) groups excluding carboxylic acids is 1. The van der Waals surface area contributed by atoms with E-state index in [1.165, 1.54) is 0 Å². The fourth-order valence-electron chi connectivity index (χ4n) is 1.82. The normalized spacial score (nSPS) is 10.0. The number of hydrogen-bond donors (Lipinski definition) is 2. The number of carbonyl (C=O) groups is 1. The molecule has 5 nitrogen and oxygen atoms in total. The number of rotatable bonds is 6. The second-order valence-corrected chi connectivity index (χ2v) is 5.34. The van der Waals surface area contributed by atoms with Crippen LogP contribution in [-0.2, 0) is 13.1 Å². The van der Waals surface area contributed by atoms with Crippen LogP contribution >= 0.6 is 11.3 Å². The molecular weight excluding hydrogens is 288 g/mol. The summed E-state index contributed by atoms with van der Waals surface area (Å²) in [7, 11) is 3.18. The van der Waals surface area contributed by atoms with Crippen LogP contribution in [0, 0.1) is 0 Å². The van der Waals surface area contributed by atoms with Gasteiger partial charge >= 0.3 is 6.03 Å². The van der Waals surface area contributed by atoms with E-state index >= 15 is 0 Å². The standard InChI is InChI=1S/C15H18N2O3S/c1-19-13-6-5-11(8-14(13)20-2)9-16-15(18)17-10-12-4-3-7-21-12/h3-8H,9-10H2,1-2H3,(H2,16,17,18). The minimum atomic E-state index is -0.196. The van der Waals surface area contributed by atoms with Gasteiger partial charge in [-0.2, -0.15) is 0 Å². The second kappa shape index (κ2) is 7.54. The van der Waals surface area contributed by atoms with Crippen molar-refractivity contribution < 1.29 is 14.3 Å². The zero-order valence-corrected chi connectivity index (χ0v) is 12.8. The van der Waals surface area contributed by atoms with Gasteiger partial charge in [-0.1, -0.05) is 12.1 Å². The van der Waals surface area contributed by atoms with Crippen molar-refractivity contribution in [1.29, 1.82) is 0 Å². The average Bonchev–Trinajstić information content (AvgIpc) is 3.04. The molecule has 1 aromatic carbocycles. The van der Waals surface area contributed by atoms with Crippen LogP contribution in [0.5, 0.6) is 11.5 Å². The van der Waals surface area contributed by atoms with Crippen LogP contribution in [0.2, 0.25) is 0 Å². The van der Waals surface area contributed by atoms with E-state index in [1.54, 1.807) is 25.6 Å². The van der Waals surface area contributed by atoms with Crippen LogP contribution in [0.3, 0.4) is 0 Å². The first-order valence-electron chi connectivity index (χ1n) is 6.48. The van der Waals surface area contributed by atoms with E-state index in [0.29, 0.717) is 24.6 Å². The first-order valence-corrected chi connectivity index (χ1v) is 7.36. The summed E-state index contributed by atoms with van der Waals surface area (Å²) in [5.74, 6) is 1.32. The summed E-state index contributed by atoms with van der Waals surface area (Å²) in [5.41, 5.74) is 0.943. The lowest BCUT2D eigenvalue weighted by Crippen LogP contribution is -2.34. The maximum Gasteiger partial charge on any atom is 0.315 e. The van der Waals surface area contributed by atoms with Gasteiger partial charge in [0.1, 0.15) is 0 Å². The van der Waals surface area contributed by atoms with E-state index in [4.69, 9.17) is 9.47 Å². The van der Waals surface area contributed by atoms with Gasteiger partial charge in [-0.3, -0.25) is 0 Å². The van der Waals surface area contributed by atoms with Crippen molar-refractivity contribution in [2.75, 3.05) is 14.2 Å². The molecule has 6 heteroatoms. The smallest absolute Gasteiger partial charge is 0.315 e. The number of benzene rings is 1. The number of urea groups is 1. The van der Waals surface area contributed by atoms with Gasteiger partial charge in [0.2, 0.25) is 0 Å². The molecule has 2 amide bonds. The van der Waals surface area contributed by atoms with Gasteiger partial charge in [-0.25, -0.2) is 4.79 Å². The molecule has 0 spiro atoms. The monoisotopic (exact) mass is 306 g/mol. The SMILES string of the molecule is COc1ccc(CNC(=O)NCc2cccs2)cc1OC. The van der Waals surface area contributed by atoms with E-state index in [-0.39, 0.29) is 6.03 Å². The molecule has 0 aliphatic rings. The predicted octanol–water partition coefficient (Wildman–Crippen LogP) is 2.76. The minimum absolute atomic E-state index is 0.196. The third kappa shape index (κ3) is 4.39. The van der Waals surface area contributed by atoms with Gasteiger partial charge in [-0.15, -0.1) is 11.3 Å². The average molecular weight is 306 g/mol. The molecule has 1 heterocycles. The summed E-state index contributed by atoms with van der Waals surface area (Å²) < 4.78 is 10.4. The summed E-state index contributed by atoms with van der Waals surface area (Å²) >= 11 is 1.62. The number of hydrogen-bond acceptors (Lipinski definition) is 4. The number of ether oxygens (including phenoxy) is 2. The summed E-state index contributed by atoms with van der Waals surface area (Å²) in [6.45, 7) is 0.964. The summed E-state index contributed by atoms with van der Waals surface area (Å²) in [4.78, 5) is 12.8. The highest BCUT2D eigenvalue weighted by atomic mass is 32.1. The van der Waals surface area contributed by atoms with E-state index in [2.05, 4.69) is 10.6 Å².